The van der Waals surface area contributed by atoms with Gasteiger partial charge in [-0.1, -0.05) is 6.07 Å². The molecule has 0 aliphatic carbocycles. The molecule has 1 aliphatic heterocycles. The van der Waals surface area contributed by atoms with Crippen molar-refractivity contribution in [1.29, 1.82) is 0 Å². The van der Waals surface area contributed by atoms with Crippen LogP contribution in [0.2, 0.25) is 0 Å². The first-order chi connectivity index (χ1) is 16.9. The quantitative estimate of drug-likeness (QED) is 0.497. The summed E-state index contributed by atoms with van der Waals surface area (Å²) in [6.07, 6.45) is -5.16. The largest absolute Gasteiger partial charge is 0.433 e. The fourth-order valence-corrected chi connectivity index (χ4v) is 3.71. The molecule has 4 rings (SSSR count). The molecular weight excluding hydrogens is 496 g/mol. The number of alkyl halides is 6. The van der Waals surface area contributed by atoms with Crippen LogP contribution >= 0.6 is 0 Å². The van der Waals surface area contributed by atoms with Crippen LogP contribution in [0.1, 0.15) is 51.0 Å². The van der Waals surface area contributed by atoms with Crippen LogP contribution in [0.5, 0.6) is 0 Å². The number of hydrogen-bond acceptors (Lipinski definition) is 5. The molecule has 36 heavy (non-hydrogen) atoms. The number of carbonyl (C=O) groups is 2. The SMILES string of the molecule is O=C(Nc1cn2cc(C3CCOCC3)nc2cc1C(=O)NCC(F)(F)F)c1cccc(C(F)(F)F)n1. The van der Waals surface area contributed by atoms with E-state index in [1.165, 1.54) is 16.7 Å². The molecule has 4 heterocycles. The summed E-state index contributed by atoms with van der Waals surface area (Å²) in [5, 5.41) is 4.01. The van der Waals surface area contributed by atoms with E-state index in [0.29, 0.717) is 37.8 Å². The van der Waals surface area contributed by atoms with Crippen molar-refractivity contribution >= 4 is 23.1 Å². The first-order valence-electron chi connectivity index (χ1n) is 10.7. The minimum absolute atomic E-state index is 0.0634. The van der Waals surface area contributed by atoms with Gasteiger partial charge in [0, 0.05) is 31.5 Å². The van der Waals surface area contributed by atoms with Gasteiger partial charge < -0.3 is 19.8 Å². The van der Waals surface area contributed by atoms with Crippen LogP contribution in [0, 0.1) is 0 Å². The lowest BCUT2D eigenvalue weighted by atomic mass is 9.97. The van der Waals surface area contributed by atoms with E-state index < -0.39 is 42.1 Å². The maximum Gasteiger partial charge on any atom is 0.433 e. The lowest BCUT2D eigenvalue weighted by Gasteiger charge is -2.19. The second-order valence-corrected chi connectivity index (χ2v) is 8.08. The van der Waals surface area contributed by atoms with Gasteiger partial charge in [-0.05, 0) is 31.0 Å². The van der Waals surface area contributed by atoms with E-state index in [1.807, 2.05) is 0 Å². The van der Waals surface area contributed by atoms with Gasteiger partial charge >= 0.3 is 12.4 Å². The molecule has 0 atom stereocenters. The van der Waals surface area contributed by atoms with Crippen LogP contribution in [0.4, 0.5) is 32.0 Å². The molecule has 1 saturated heterocycles. The van der Waals surface area contributed by atoms with Crippen molar-refractivity contribution in [3.63, 3.8) is 0 Å². The van der Waals surface area contributed by atoms with Gasteiger partial charge in [0.05, 0.1) is 16.9 Å². The summed E-state index contributed by atoms with van der Waals surface area (Å²) in [5.41, 5.74) is -1.57. The fourth-order valence-electron chi connectivity index (χ4n) is 3.71. The lowest BCUT2D eigenvalue weighted by Crippen LogP contribution is -2.34. The van der Waals surface area contributed by atoms with Crippen LogP contribution in [0.25, 0.3) is 5.65 Å². The zero-order valence-corrected chi connectivity index (χ0v) is 18.4. The molecule has 2 N–H and O–H groups in total. The Morgan fingerprint density at radius 3 is 2.42 bits per heavy atom. The maximum absolute atomic E-state index is 13.0. The van der Waals surface area contributed by atoms with Gasteiger partial charge in [-0.25, -0.2) is 9.97 Å². The number of nitrogens with one attached hydrogen (secondary N) is 2. The highest BCUT2D eigenvalue weighted by Crippen LogP contribution is 2.29. The number of amides is 2. The fraction of sp³-hybridized carbons (Fsp3) is 0.364. The summed E-state index contributed by atoms with van der Waals surface area (Å²) in [6.45, 7) is -0.550. The minimum atomic E-state index is -4.80. The number of rotatable bonds is 5. The predicted molar refractivity (Wildman–Crippen MR) is 114 cm³/mol. The van der Waals surface area contributed by atoms with Gasteiger partial charge in [-0.3, -0.25) is 9.59 Å². The standard InChI is InChI=1S/C22H19F6N5O3/c23-21(24,25)11-29-19(34)13-8-18-31-15(12-4-6-36-7-5-12)9-33(18)10-16(13)32-20(35)14-2-1-3-17(30-14)22(26,27)28/h1-3,8-10,12H,4-7,11H2,(H,29,34)(H,32,35). The van der Waals surface area contributed by atoms with Gasteiger partial charge in [-0.2, -0.15) is 26.3 Å². The Morgan fingerprint density at radius 1 is 1.03 bits per heavy atom. The molecule has 3 aromatic heterocycles. The average Bonchev–Trinajstić information content (AvgIpc) is 3.25. The second kappa shape index (κ2) is 9.76. The highest BCUT2D eigenvalue weighted by molar-refractivity contribution is 6.08. The zero-order valence-electron chi connectivity index (χ0n) is 18.4. The Kier molecular flexibility index (Phi) is 6.89. The van der Waals surface area contributed by atoms with E-state index in [4.69, 9.17) is 4.74 Å². The third-order valence-corrected chi connectivity index (χ3v) is 5.47. The van der Waals surface area contributed by atoms with Crippen molar-refractivity contribution in [1.82, 2.24) is 19.7 Å². The van der Waals surface area contributed by atoms with Gasteiger partial charge in [0.25, 0.3) is 11.8 Å². The van der Waals surface area contributed by atoms with Crippen molar-refractivity contribution in [3.8, 4) is 0 Å². The van der Waals surface area contributed by atoms with Crippen molar-refractivity contribution in [2.45, 2.75) is 31.1 Å². The molecule has 0 saturated carbocycles. The lowest BCUT2D eigenvalue weighted by molar-refractivity contribution is -0.141. The third kappa shape index (κ3) is 5.93. The maximum atomic E-state index is 13.0. The normalized spacial score (nSPS) is 15.2. The van der Waals surface area contributed by atoms with Gasteiger partial charge in [0.1, 0.15) is 23.6 Å². The smallest absolute Gasteiger partial charge is 0.381 e. The van der Waals surface area contributed by atoms with Gasteiger partial charge in [0.2, 0.25) is 0 Å². The molecule has 14 heteroatoms. The van der Waals surface area contributed by atoms with Crippen molar-refractivity contribution in [3.05, 3.63) is 59.3 Å². The van der Waals surface area contributed by atoms with E-state index in [2.05, 4.69) is 15.3 Å². The van der Waals surface area contributed by atoms with Crippen LogP contribution in [-0.4, -0.2) is 52.1 Å². The number of fused-ring (bicyclic) bond motifs is 1. The highest BCUT2D eigenvalue weighted by Gasteiger charge is 2.33. The number of carbonyl (C=O) groups excluding carboxylic acids is 2. The van der Waals surface area contributed by atoms with Crippen LogP contribution < -0.4 is 10.6 Å². The number of pyridine rings is 2. The topological polar surface area (TPSA) is 97.6 Å². The summed E-state index contributed by atoms with van der Waals surface area (Å²) >= 11 is 0. The zero-order chi connectivity index (χ0) is 26.1. The number of nitrogens with zero attached hydrogens (tertiary/aromatic N) is 3. The minimum Gasteiger partial charge on any atom is -0.381 e. The monoisotopic (exact) mass is 515 g/mol. The van der Waals surface area contributed by atoms with E-state index in [1.54, 1.807) is 11.5 Å². The van der Waals surface area contributed by atoms with Crippen molar-refractivity contribution < 1.29 is 40.7 Å². The first kappa shape index (κ1) is 25.4. The Morgan fingerprint density at radius 2 is 1.75 bits per heavy atom. The summed E-state index contributed by atoms with van der Waals surface area (Å²) in [7, 11) is 0. The Bertz CT molecular complexity index is 1280. The molecule has 8 nitrogen and oxygen atoms in total. The van der Waals surface area contributed by atoms with Crippen LogP contribution in [0.15, 0.2) is 36.7 Å². The van der Waals surface area contributed by atoms with E-state index >= 15 is 0 Å². The predicted octanol–water partition coefficient (Wildman–Crippen LogP) is 4.19. The Labute approximate surface area is 199 Å². The summed E-state index contributed by atoms with van der Waals surface area (Å²) in [5.74, 6) is -2.18. The number of ether oxygens (including phenoxy) is 1. The molecule has 1 fully saturated rings. The Hall–Kier alpha value is -3.68. The highest BCUT2D eigenvalue weighted by atomic mass is 19.4. The molecule has 0 radical (unpaired) electrons. The van der Waals surface area contributed by atoms with Crippen LogP contribution in [0.3, 0.4) is 0 Å². The molecule has 192 valence electrons. The number of hydrogen-bond donors (Lipinski definition) is 2. The number of anilines is 1. The molecular formula is C22H19F6N5O3. The van der Waals surface area contributed by atoms with E-state index in [0.717, 1.165) is 12.1 Å². The van der Waals surface area contributed by atoms with Crippen molar-refractivity contribution in [2.24, 2.45) is 0 Å². The van der Waals surface area contributed by atoms with Crippen LogP contribution in [-0.2, 0) is 10.9 Å². The molecule has 0 bridgehead atoms. The summed E-state index contributed by atoms with van der Waals surface area (Å²) in [4.78, 5) is 33.0. The van der Waals surface area contributed by atoms with Gasteiger partial charge in [0.15, 0.2) is 0 Å². The van der Waals surface area contributed by atoms with Crippen molar-refractivity contribution in [2.75, 3.05) is 25.1 Å². The second-order valence-electron chi connectivity index (χ2n) is 8.08. The molecule has 0 spiro atoms. The molecule has 2 amide bonds. The van der Waals surface area contributed by atoms with E-state index in [-0.39, 0.29) is 22.8 Å². The van der Waals surface area contributed by atoms with Gasteiger partial charge in [-0.15, -0.1) is 0 Å². The first-order valence-corrected chi connectivity index (χ1v) is 10.7. The number of halogens is 6. The number of aromatic nitrogens is 3. The molecule has 0 unspecified atom stereocenters. The Balaban J connectivity index is 1.69. The average molecular weight is 515 g/mol. The third-order valence-electron chi connectivity index (χ3n) is 5.47. The van der Waals surface area contributed by atoms with E-state index in [9.17, 15) is 35.9 Å². The summed E-state index contributed by atoms with van der Waals surface area (Å²) in [6, 6.07) is 3.90. The molecule has 3 aromatic rings. The molecule has 1 aliphatic rings. The molecule has 0 aromatic carbocycles. The summed E-state index contributed by atoms with van der Waals surface area (Å²) < 4.78 is 83.7. The number of imidazole rings is 1.